The number of alkyl halides is 1. The number of aryl methyl sites for hydroxylation is 1. The van der Waals surface area contributed by atoms with Gasteiger partial charge in [0.05, 0.1) is 10.9 Å². The van der Waals surface area contributed by atoms with Gasteiger partial charge >= 0.3 is 0 Å². The number of nitrogens with zero attached hydrogens (tertiary/aromatic N) is 3. The lowest BCUT2D eigenvalue weighted by atomic mass is 10.2. The second-order valence-corrected chi connectivity index (χ2v) is 4.16. The first-order chi connectivity index (χ1) is 7.56. The van der Waals surface area contributed by atoms with Crippen LogP contribution in [0.2, 0.25) is 0 Å². The largest absolute Gasteiger partial charge is 0.342 e. The van der Waals surface area contributed by atoms with E-state index in [-0.39, 0.29) is 16.6 Å². The van der Waals surface area contributed by atoms with Crippen LogP contribution in [0.5, 0.6) is 0 Å². The number of imidazole rings is 1. The van der Waals surface area contributed by atoms with Crippen LogP contribution in [0.3, 0.4) is 0 Å². The first-order valence-corrected chi connectivity index (χ1v) is 5.14. The van der Waals surface area contributed by atoms with Gasteiger partial charge in [0, 0.05) is 5.69 Å². The summed E-state index contributed by atoms with van der Waals surface area (Å²) in [4.78, 5) is 18.8. The lowest BCUT2D eigenvalue weighted by Crippen LogP contribution is -2.20. The highest BCUT2D eigenvalue weighted by atomic mass is 35.5. The monoisotopic (exact) mass is 236 g/mol. The molecule has 2 heterocycles. The van der Waals surface area contributed by atoms with Crippen LogP contribution in [0.15, 0.2) is 11.1 Å². The predicted molar refractivity (Wildman–Crippen MR) is 59.5 cm³/mol. The highest BCUT2D eigenvalue weighted by Crippen LogP contribution is 2.19. The van der Waals surface area contributed by atoms with Gasteiger partial charge in [0.1, 0.15) is 12.4 Å². The highest BCUT2D eigenvalue weighted by molar-refractivity contribution is 6.20. The van der Waals surface area contributed by atoms with Crippen molar-refractivity contribution in [3.63, 3.8) is 0 Å². The van der Waals surface area contributed by atoms with Gasteiger partial charge in [0.15, 0.2) is 11.3 Å². The van der Waals surface area contributed by atoms with Gasteiger partial charge in [0.25, 0.3) is 5.56 Å². The minimum atomic E-state index is -0.388. The average molecular weight is 237 g/mol. The molecule has 0 aromatic carbocycles. The van der Waals surface area contributed by atoms with Crippen molar-refractivity contribution in [2.45, 2.75) is 19.2 Å². The summed E-state index contributed by atoms with van der Waals surface area (Å²) in [5, 5.41) is 8.42. The van der Waals surface area contributed by atoms with Crippen molar-refractivity contribution >= 4 is 17.2 Å². The Balaban J connectivity index is 2.92. The Morgan fingerprint density at radius 2 is 2.38 bits per heavy atom. The maximum atomic E-state index is 12.0. The number of nitrogens with one attached hydrogen (secondary N) is 1. The van der Waals surface area contributed by atoms with Gasteiger partial charge in [-0.2, -0.15) is 5.26 Å². The normalized spacial score (nSPS) is 12.6. The summed E-state index contributed by atoms with van der Waals surface area (Å²) in [6, 6.07) is 1.92. The van der Waals surface area contributed by atoms with E-state index in [9.17, 15) is 4.79 Å². The maximum Gasteiger partial charge on any atom is 0.263 e. The Kier molecular flexibility index (Phi) is 2.44. The molecule has 0 amide bonds. The summed E-state index contributed by atoms with van der Waals surface area (Å²) in [7, 11) is 0. The van der Waals surface area contributed by atoms with Crippen molar-refractivity contribution in [2.24, 2.45) is 0 Å². The second-order valence-electron chi connectivity index (χ2n) is 3.51. The van der Waals surface area contributed by atoms with E-state index in [1.165, 1.54) is 10.7 Å². The van der Waals surface area contributed by atoms with Gasteiger partial charge in [-0.05, 0) is 13.8 Å². The first kappa shape index (κ1) is 10.7. The molecule has 2 aromatic rings. The Labute approximate surface area is 96.3 Å². The number of fused-ring (bicyclic) bond motifs is 1. The lowest BCUT2D eigenvalue weighted by Gasteiger charge is -2.07. The van der Waals surface area contributed by atoms with E-state index in [0.29, 0.717) is 16.9 Å². The molecule has 1 N–H and O–H groups in total. The smallest absolute Gasteiger partial charge is 0.263 e. The van der Waals surface area contributed by atoms with Gasteiger partial charge < -0.3 is 4.98 Å². The van der Waals surface area contributed by atoms with Crippen LogP contribution in [0.25, 0.3) is 5.65 Å². The fourth-order valence-electron chi connectivity index (χ4n) is 1.71. The van der Waals surface area contributed by atoms with Crippen molar-refractivity contribution in [2.75, 3.05) is 0 Å². The van der Waals surface area contributed by atoms with Crippen molar-refractivity contribution in [3.8, 4) is 6.07 Å². The van der Waals surface area contributed by atoms with E-state index in [0.717, 1.165) is 0 Å². The van der Waals surface area contributed by atoms with Crippen molar-refractivity contribution in [3.05, 3.63) is 33.6 Å². The molecule has 6 heteroatoms. The number of nitriles is 1. The number of aromatic amines is 1. The zero-order valence-corrected chi connectivity index (χ0v) is 9.54. The SMILES string of the molecule is Cc1[nH]c2c(C#N)ncn2c(=O)c1C(C)Cl. The summed E-state index contributed by atoms with van der Waals surface area (Å²) in [6.45, 7) is 3.48. The number of H-pyrrole nitrogens is 1. The number of hydrogen-bond donors (Lipinski definition) is 1. The molecule has 16 heavy (non-hydrogen) atoms. The van der Waals surface area contributed by atoms with Crippen molar-refractivity contribution < 1.29 is 0 Å². The molecule has 0 bridgehead atoms. The molecule has 2 rings (SSSR count). The molecule has 1 unspecified atom stereocenters. The van der Waals surface area contributed by atoms with E-state index >= 15 is 0 Å². The van der Waals surface area contributed by atoms with Crippen molar-refractivity contribution in [1.82, 2.24) is 14.4 Å². The fraction of sp³-hybridized carbons (Fsp3) is 0.300. The third-order valence-electron chi connectivity index (χ3n) is 2.43. The standard InChI is InChI=1S/C10H9ClN4O/c1-5(11)8-6(2)14-9-7(3-12)13-4-15(9)10(8)16/h4-5,14H,1-2H3. The maximum absolute atomic E-state index is 12.0. The van der Waals surface area contributed by atoms with Crippen LogP contribution in [0.1, 0.15) is 29.3 Å². The second kappa shape index (κ2) is 3.65. The Morgan fingerprint density at radius 3 is 2.94 bits per heavy atom. The van der Waals surface area contributed by atoms with E-state index in [2.05, 4.69) is 9.97 Å². The Morgan fingerprint density at radius 1 is 1.69 bits per heavy atom. The Bertz CT molecular complexity index is 647. The summed E-state index contributed by atoms with van der Waals surface area (Å²) in [5.74, 6) is 0. The fourth-order valence-corrected chi connectivity index (χ4v) is 1.96. The molecule has 0 fully saturated rings. The predicted octanol–water partition coefficient (Wildman–Crippen LogP) is 1.50. The van der Waals surface area contributed by atoms with E-state index in [4.69, 9.17) is 16.9 Å². The molecule has 0 aliphatic heterocycles. The van der Waals surface area contributed by atoms with Gasteiger partial charge in [-0.25, -0.2) is 9.38 Å². The molecule has 0 aliphatic carbocycles. The number of rotatable bonds is 1. The van der Waals surface area contributed by atoms with E-state index < -0.39 is 0 Å². The number of aromatic nitrogens is 3. The molecule has 0 radical (unpaired) electrons. The molecule has 1 atom stereocenters. The molecule has 0 aliphatic rings. The zero-order valence-electron chi connectivity index (χ0n) is 8.78. The molecular weight excluding hydrogens is 228 g/mol. The molecular formula is C10H9ClN4O. The Hall–Kier alpha value is -1.80. The van der Waals surface area contributed by atoms with Crippen LogP contribution in [-0.4, -0.2) is 14.4 Å². The average Bonchev–Trinajstić information content (AvgIpc) is 2.60. The van der Waals surface area contributed by atoms with Gasteiger partial charge in [-0.15, -0.1) is 11.6 Å². The molecule has 0 spiro atoms. The lowest BCUT2D eigenvalue weighted by molar-refractivity contribution is 0.924. The molecule has 0 saturated heterocycles. The summed E-state index contributed by atoms with van der Waals surface area (Å²) in [5.41, 5.74) is 1.54. The van der Waals surface area contributed by atoms with Crippen LogP contribution in [0.4, 0.5) is 0 Å². The van der Waals surface area contributed by atoms with Gasteiger partial charge in [-0.1, -0.05) is 0 Å². The van der Waals surface area contributed by atoms with Crippen LogP contribution >= 0.6 is 11.6 Å². The highest BCUT2D eigenvalue weighted by Gasteiger charge is 2.15. The molecule has 0 saturated carbocycles. The summed E-state index contributed by atoms with van der Waals surface area (Å²) < 4.78 is 1.31. The molecule has 82 valence electrons. The molecule has 2 aromatic heterocycles. The quantitative estimate of drug-likeness (QED) is 0.763. The van der Waals surface area contributed by atoms with Gasteiger partial charge in [0.2, 0.25) is 0 Å². The minimum absolute atomic E-state index is 0.203. The first-order valence-electron chi connectivity index (χ1n) is 4.70. The summed E-state index contributed by atoms with van der Waals surface area (Å²) >= 11 is 5.94. The number of hydrogen-bond acceptors (Lipinski definition) is 3. The molecule has 5 nitrogen and oxygen atoms in total. The van der Waals surface area contributed by atoms with Crippen LogP contribution < -0.4 is 5.56 Å². The third-order valence-corrected chi connectivity index (χ3v) is 2.65. The third kappa shape index (κ3) is 1.39. The van der Waals surface area contributed by atoms with Crippen LogP contribution in [0, 0.1) is 18.3 Å². The summed E-state index contributed by atoms with van der Waals surface area (Å²) in [6.07, 6.45) is 1.33. The minimum Gasteiger partial charge on any atom is -0.342 e. The van der Waals surface area contributed by atoms with E-state index in [1.54, 1.807) is 13.8 Å². The van der Waals surface area contributed by atoms with E-state index in [1.807, 2.05) is 6.07 Å². The number of halogens is 1. The van der Waals surface area contributed by atoms with Crippen LogP contribution in [-0.2, 0) is 0 Å². The topological polar surface area (TPSA) is 73.9 Å². The zero-order chi connectivity index (χ0) is 11.9. The van der Waals surface area contributed by atoms with Gasteiger partial charge in [-0.3, -0.25) is 4.79 Å². The van der Waals surface area contributed by atoms with Crippen molar-refractivity contribution in [1.29, 1.82) is 5.26 Å².